The van der Waals surface area contributed by atoms with Crippen LogP contribution in [0.25, 0.3) is 11.2 Å². The Kier molecular flexibility index (Phi) is 9.53. The molecule has 0 radical (unpaired) electrons. The average Bonchev–Trinajstić information content (AvgIpc) is 3.14. The van der Waals surface area contributed by atoms with Gasteiger partial charge in [0.15, 0.2) is 11.5 Å². The molecule has 1 aliphatic rings. The number of aromatic nitrogens is 4. The van der Waals surface area contributed by atoms with E-state index >= 15 is 0 Å². The number of nitrogens with zero attached hydrogens (tertiary/aromatic N) is 4. The molecule has 33 heavy (non-hydrogen) atoms. The second kappa shape index (κ2) is 12.6. The summed E-state index contributed by atoms with van der Waals surface area (Å²) in [6.07, 6.45) is 9.09. The number of fused-ring (bicyclic) bond motifs is 1. The molecule has 3 N–H and O–H groups in total. The zero-order valence-corrected chi connectivity index (χ0v) is 20.0. The van der Waals surface area contributed by atoms with Gasteiger partial charge in [0.1, 0.15) is 5.52 Å². The zero-order valence-electron chi connectivity index (χ0n) is 20.0. The van der Waals surface area contributed by atoms with E-state index in [1.54, 1.807) is 4.57 Å². The lowest BCUT2D eigenvalue weighted by molar-refractivity contribution is -0.147. The Morgan fingerprint density at radius 3 is 2.48 bits per heavy atom. The molecule has 2 aromatic heterocycles. The maximum absolute atomic E-state index is 12.4. The van der Waals surface area contributed by atoms with E-state index in [1.807, 2.05) is 0 Å². The number of hydrogen-bond acceptors (Lipinski definition) is 8. The molecule has 1 aliphatic heterocycles. The number of nitrogen functional groups attached to an aromatic ring is 1. The summed E-state index contributed by atoms with van der Waals surface area (Å²) in [4.78, 5) is 37.8. The quantitative estimate of drug-likeness (QED) is 0.343. The molecule has 0 amide bonds. The molecule has 10 nitrogen and oxygen atoms in total. The van der Waals surface area contributed by atoms with Crippen molar-refractivity contribution in [2.45, 2.75) is 71.3 Å². The molecule has 184 valence electrons. The van der Waals surface area contributed by atoms with Crippen molar-refractivity contribution in [3.63, 3.8) is 0 Å². The van der Waals surface area contributed by atoms with Crippen molar-refractivity contribution in [2.75, 3.05) is 39.1 Å². The Labute approximate surface area is 194 Å². The molecular weight excluding hydrogens is 424 g/mol. The van der Waals surface area contributed by atoms with E-state index in [-0.39, 0.29) is 29.4 Å². The molecule has 0 aliphatic carbocycles. The van der Waals surface area contributed by atoms with Crippen molar-refractivity contribution in [3.05, 3.63) is 10.5 Å². The third-order valence-corrected chi connectivity index (χ3v) is 6.34. The molecule has 0 atom stereocenters. The summed E-state index contributed by atoms with van der Waals surface area (Å²) in [5, 5.41) is 0. The highest BCUT2D eigenvalue weighted by Crippen LogP contribution is 2.20. The Hall–Kier alpha value is -2.62. The lowest BCUT2D eigenvalue weighted by atomic mass is 9.97. The van der Waals surface area contributed by atoms with E-state index in [1.165, 1.54) is 7.11 Å². The van der Waals surface area contributed by atoms with Gasteiger partial charge in [0, 0.05) is 6.54 Å². The molecule has 0 saturated carbocycles. The van der Waals surface area contributed by atoms with Gasteiger partial charge in [0.05, 0.1) is 19.6 Å². The first-order valence-electron chi connectivity index (χ1n) is 12.2. The van der Waals surface area contributed by atoms with Gasteiger partial charge in [-0.05, 0) is 51.7 Å². The summed E-state index contributed by atoms with van der Waals surface area (Å²) in [6, 6.07) is 0.219. The SMILES string of the molecule is CCCCOc1nc(N)c2[nH]c(=O)n(CCCCCCCN3CCC(C(=O)OC)CC3)c2n1. The standard InChI is InChI=1S/C23H38N6O4/c1-3-4-16-33-22-26-19(24)18-20(27-22)29(23(31)25-18)13-9-7-5-6-8-12-28-14-10-17(11-15-28)21(30)32-2/h17H,3-16H2,1-2H3,(H,25,31)(H2,24,26,27). The highest BCUT2D eigenvalue weighted by atomic mass is 16.5. The van der Waals surface area contributed by atoms with Gasteiger partial charge in [-0.15, -0.1) is 0 Å². The van der Waals surface area contributed by atoms with Gasteiger partial charge in [-0.1, -0.05) is 32.6 Å². The van der Waals surface area contributed by atoms with Crippen molar-refractivity contribution in [2.24, 2.45) is 5.92 Å². The number of aromatic amines is 1. The third kappa shape index (κ3) is 6.93. The van der Waals surface area contributed by atoms with Crippen molar-refractivity contribution >= 4 is 23.0 Å². The number of likely N-dealkylation sites (tertiary alicyclic amines) is 1. The van der Waals surface area contributed by atoms with Gasteiger partial charge in [0.25, 0.3) is 0 Å². The Balaban J connectivity index is 1.38. The second-order valence-electron chi connectivity index (χ2n) is 8.78. The third-order valence-electron chi connectivity index (χ3n) is 6.34. The van der Waals surface area contributed by atoms with Crippen LogP contribution in [0.4, 0.5) is 5.82 Å². The van der Waals surface area contributed by atoms with Gasteiger partial charge in [0.2, 0.25) is 0 Å². The maximum Gasteiger partial charge on any atom is 0.327 e. The number of anilines is 1. The van der Waals surface area contributed by atoms with Crippen LogP contribution in [-0.2, 0) is 16.1 Å². The van der Waals surface area contributed by atoms with Crippen LogP contribution in [0.2, 0.25) is 0 Å². The fourth-order valence-corrected chi connectivity index (χ4v) is 4.31. The van der Waals surface area contributed by atoms with Crippen LogP contribution in [0.3, 0.4) is 0 Å². The minimum absolute atomic E-state index is 0.0683. The number of carbonyl (C=O) groups excluding carboxylic acids is 1. The van der Waals surface area contributed by atoms with Gasteiger partial charge >= 0.3 is 17.7 Å². The molecule has 3 heterocycles. The van der Waals surface area contributed by atoms with E-state index in [4.69, 9.17) is 15.2 Å². The minimum Gasteiger partial charge on any atom is -0.469 e. The van der Waals surface area contributed by atoms with Gasteiger partial charge in [-0.2, -0.15) is 9.97 Å². The molecule has 2 aromatic rings. The van der Waals surface area contributed by atoms with Crippen LogP contribution < -0.4 is 16.2 Å². The van der Waals surface area contributed by atoms with Crippen molar-refractivity contribution in [3.8, 4) is 6.01 Å². The van der Waals surface area contributed by atoms with Crippen LogP contribution in [0, 0.1) is 5.92 Å². The molecule has 3 rings (SSSR count). The number of unbranched alkanes of at least 4 members (excludes halogenated alkanes) is 5. The first-order valence-corrected chi connectivity index (χ1v) is 12.2. The lowest BCUT2D eigenvalue weighted by Gasteiger charge is -2.30. The number of H-pyrrole nitrogens is 1. The van der Waals surface area contributed by atoms with E-state index in [0.29, 0.717) is 24.3 Å². The van der Waals surface area contributed by atoms with E-state index < -0.39 is 0 Å². The number of ether oxygens (including phenoxy) is 2. The summed E-state index contributed by atoms with van der Waals surface area (Å²) in [5.41, 5.74) is 6.77. The number of nitrogens with one attached hydrogen (secondary N) is 1. The summed E-state index contributed by atoms with van der Waals surface area (Å²) in [5.74, 6) is 0.232. The summed E-state index contributed by atoms with van der Waals surface area (Å²) < 4.78 is 12.1. The number of rotatable bonds is 13. The normalized spacial score (nSPS) is 15.2. The maximum atomic E-state index is 12.4. The van der Waals surface area contributed by atoms with Gasteiger partial charge in [-0.3, -0.25) is 9.36 Å². The Morgan fingerprint density at radius 1 is 1.09 bits per heavy atom. The fraction of sp³-hybridized carbons (Fsp3) is 0.739. The zero-order chi connectivity index (χ0) is 23.6. The van der Waals surface area contributed by atoms with E-state index in [0.717, 1.165) is 77.4 Å². The van der Waals surface area contributed by atoms with Crippen molar-refractivity contribution in [1.29, 1.82) is 0 Å². The number of piperidine rings is 1. The van der Waals surface area contributed by atoms with E-state index in [9.17, 15) is 9.59 Å². The predicted octanol–water partition coefficient (Wildman–Crippen LogP) is 2.72. The molecule has 0 spiro atoms. The number of nitrogens with two attached hydrogens (primary N) is 1. The number of imidazole rings is 1. The van der Waals surface area contributed by atoms with Crippen LogP contribution >= 0.6 is 0 Å². The molecule has 10 heteroatoms. The number of esters is 1. The smallest absolute Gasteiger partial charge is 0.327 e. The number of methoxy groups -OCH3 is 1. The number of carbonyl (C=O) groups is 1. The van der Waals surface area contributed by atoms with Crippen LogP contribution in [0.15, 0.2) is 4.79 Å². The van der Waals surface area contributed by atoms with Gasteiger partial charge < -0.3 is 25.1 Å². The monoisotopic (exact) mass is 462 g/mol. The Morgan fingerprint density at radius 2 is 1.79 bits per heavy atom. The number of hydrogen-bond donors (Lipinski definition) is 2. The van der Waals surface area contributed by atoms with Crippen LogP contribution in [0.1, 0.15) is 64.7 Å². The highest BCUT2D eigenvalue weighted by Gasteiger charge is 2.25. The average molecular weight is 463 g/mol. The molecule has 1 fully saturated rings. The van der Waals surface area contributed by atoms with E-state index in [2.05, 4.69) is 26.8 Å². The second-order valence-corrected chi connectivity index (χ2v) is 8.78. The highest BCUT2D eigenvalue weighted by molar-refractivity contribution is 5.81. The van der Waals surface area contributed by atoms with Crippen LogP contribution in [-0.4, -0.2) is 63.7 Å². The lowest BCUT2D eigenvalue weighted by Crippen LogP contribution is -2.37. The largest absolute Gasteiger partial charge is 0.469 e. The summed E-state index contributed by atoms with van der Waals surface area (Å²) in [7, 11) is 1.47. The van der Waals surface area contributed by atoms with Crippen molar-refractivity contribution in [1.82, 2.24) is 24.4 Å². The number of aryl methyl sites for hydroxylation is 1. The minimum atomic E-state index is -0.216. The van der Waals surface area contributed by atoms with Crippen LogP contribution in [0.5, 0.6) is 6.01 Å². The predicted molar refractivity (Wildman–Crippen MR) is 127 cm³/mol. The topological polar surface area (TPSA) is 128 Å². The van der Waals surface area contributed by atoms with Gasteiger partial charge in [-0.25, -0.2) is 4.79 Å². The summed E-state index contributed by atoms with van der Waals surface area (Å²) >= 11 is 0. The molecule has 1 saturated heterocycles. The first kappa shape index (κ1) is 25.0. The molecule has 0 aromatic carbocycles. The molecule has 0 unspecified atom stereocenters. The summed E-state index contributed by atoms with van der Waals surface area (Å²) in [6.45, 7) is 6.22. The first-order chi connectivity index (χ1) is 16.0. The molecular formula is C23H38N6O4. The fourth-order valence-electron chi connectivity index (χ4n) is 4.31. The Bertz CT molecular complexity index is 948. The molecule has 0 bridgehead atoms. The van der Waals surface area contributed by atoms with Crippen molar-refractivity contribution < 1.29 is 14.3 Å².